The second-order valence-corrected chi connectivity index (χ2v) is 7.93. The first-order chi connectivity index (χ1) is 15.3. The van der Waals surface area contributed by atoms with E-state index in [9.17, 15) is 14.6 Å². The fourth-order valence-electron chi connectivity index (χ4n) is 3.88. The standard InChI is InChI=1S/C21H21FN6O4/c1-21(30)15(8-31-11-3-2-10-6-13(22)18(24)27-14(10)7-11)32-20(16(21)29)28-5-4-12-17(23)25-9-26-19(12)28/h2-7,9,15-16,20,29-30H,8H2,1H3,(H2,24,27)(H2,23,25,26)/t15-,16+,20-,21-/m1/s1. The number of rotatable bonds is 4. The van der Waals surface area contributed by atoms with Gasteiger partial charge in [-0.2, -0.15) is 0 Å². The molecule has 4 aromatic rings. The van der Waals surface area contributed by atoms with Gasteiger partial charge in [0.15, 0.2) is 17.9 Å². The molecular weight excluding hydrogens is 419 g/mol. The van der Waals surface area contributed by atoms with Gasteiger partial charge in [-0.25, -0.2) is 19.3 Å². The molecule has 0 radical (unpaired) electrons. The average molecular weight is 440 g/mol. The summed E-state index contributed by atoms with van der Waals surface area (Å²) in [4.78, 5) is 12.2. The lowest BCUT2D eigenvalue weighted by Gasteiger charge is -2.26. The number of aliphatic hydroxyl groups excluding tert-OH is 1. The summed E-state index contributed by atoms with van der Waals surface area (Å²) in [6.07, 6.45) is -0.0429. The summed E-state index contributed by atoms with van der Waals surface area (Å²) < 4.78 is 27.0. The molecule has 1 fully saturated rings. The van der Waals surface area contributed by atoms with E-state index in [1.165, 1.54) is 19.3 Å². The summed E-state index contributed by atoms with van der Waals surface area (Å²) in [5.74, 6) is -0.0594. The molecule has 166 valence electrons. The number of nitrogens with zero attached hydrogens (tertiary/aromatic N) is 4. The lowest BCUT2D eigenvalue weighted by molar-refractivity contribution is -0.0765. The van der Waals surface area contributed by atoms with Gasteiger partial charge in [0.1, 0.15) is 48.0 Å². The SMILES string of the molecule is C[C@@]1(O)[C@@H](COc2ccc3cc(F)c(N)nc3c2)O[C@@H](n2ccc3c(N)ncnc32)[C@@H]1O. The van der Waals surface area contributed by atoms with Crippen LogP contribution in [0.1, 0.15) is 13.2 Å². The van der Waals surface area contributed by atoms with E-state index >= 15 is 0 Å². The molecule has 5 rings (SSSR count). The quantitative estimate of drug-likeness (QED) is 0.368. The monoisotopic (exact) mass is 440 g/mol. The maximum atomic E-state index is 13.6. The highest BCUT2D eigenvalue weighted by atomic mass is 19.1. The van der Waals surface area contributed by atoms with Crippen molar-refractivity contribution in [3.63, 3.8) is 0 Å². The summed E-state index contributed by atoms with van der Waals surface area (Å²) in [6.45, 7) is 1.42. The molecule has 3 aromatic heterocycles. The van der Waals surface area contributed by atoms with Gasteiger partial charge in [-0.15, -0.1) is 0 Å². The molecule has 0 saturated carbocycles. The topological polar surface area (TPSA) is 155 Å². The summed E-state index contributed by atoms with van der Waals surface area (Å²) in [5.41, 5.74) is 10.8. The molecular formula is C21H21FN6O4. The molecule has 32 heavy (non-hydrogen) atoms. The number of nitrogens with two attached hydrogens (primary N) is 2. The van der Waals surface area contributed by atoms with Crippen LogP contribution in [-0.4, -0.2) is 54.1 Å². The molecule has 11 heteroatoms. The average Bonchev–Trinajstić information content (AvgIpc) is 3.28. The van der Waals surface area contributed by atoms with Crippen LogP contribution < -0.4 is 16.2 Å². The van der Waals surface area contributed by atoms with Gasteiger partial charge in [-0.1, -0.05) is 0 Å². The van der Waals surface area contributed by atoms with Crippen molar-refractivity contribution in [2.75, 3.05) is 18.1 Å². The third kappa shape index (κ3) is 3.18. The van der Waals surface area contributed by atoms with Crippen LogP contribution in [0.3, 0.4) is 0 Å². The van der Waals surface area contributed by atoms with Crippen molar-refractivity contribution in [2.24, 2.45) is 0 Å². The predicted molar refractivity (Wildman–Crippen MR) is 114 cm³/mol. The molecule has 0 aliphatic carbocycles. The third-order valence-corrected chi connectivity index (χ3v) is 5.81. The number of aromatic nitrogens is 4. The van der Waals surface area contributed by atoms with Gasteiger partial charge < -0.3 is 35.7 Å². The van der Waals surface area contributed by atoms with Crippen molar-refractivity contribution < 1.29 is 24.1 Å². The molecule has 4 atom stereocenters. The summed E-state index contributed by atoms with van der Waals surface area (Å²) in [7, 11) is 0. The number of anilines is 2. The molecule has 0 amide bonds. The van der Waals surface area contributed by atoms with Crippen LogP contribution in [-0.2, 0) is 4.74 Å². The zero-order valence-electron chi connectivity index (χ0n) is 17.0. The van der Waals surface area contributed by atoms with E-state index in [2.05, 4.69) is 15.0 Å². The number of hydrogen-bond donors (Lipinski definition) is 4. The number of halogens is 1. The molecule has 1 aliphatic heterocycles. The van der Waals surface area contributed by atoms with E-state index in [0.29, 0.717) is 33.5 Å². The van der Waals surface area contributed by atoms with Gasteiger partial charge in [-0.3, -0.25) is 0 Å². The number of fused-ring (bicyclic) bond motifs is 2. The number of ether oxygens (including phenoxy) is 2. The van der Waals surface area contributed by atoms with Crippen LogP contribution in [0.2, 0.25) is 0 Å². The van der Waals surface area contributed by atoms with Gasteiger partial charge in [0.2, 0.25) is 0 Å². The Balaban J connectivity index is 1.38. The number of hydrogen-bond acceptors (Lipinski definition) is 9. The van der Waals surface area contributed by atoms with E-state index in [0.717, 1.165) is 0 Å². The zero-order valence-corrected chi connectivity index (χ0v) is 17.0. The van der Waals surface area contributed by atoms with Gasteiger partial charge in [-0.05, 0) is 31.2 Å². The third-order valence-electron chi connectivity index (χ3n) is 5.81. The summed E-state index contributed by atoms with van der Waals surface area (Å²) in [6, 6.07) is 7.93. The summed E-state index contributed by atoms with van der Waals surface area (Å²) in [5, 5.41) is 22.9. The van der Waals surface area contributed by atoms with Crippen LogP contribution in [0.4, 0.5) is 16.0 Å². The Hall–Kier alpha value is -3.54. The lowest BCUT2D eigenvalue weighted by atomic mass is 9.95. The lowest BCUT2D eigenvalue weighted by Crippen LogP contribution is -2.47. The largest absolute Gasteiger partial charge is 0.491 e. The summed E-state index contributed by atoms with van der Waals surface area (Å²) >= 11 is 0. The van der Waals surface area contributed by atoms with Crippen molar-refractivity contribution in [1.82, 2.24) is 19.5 Å². The maximum Gasteiger partial charge on any atom is 0.165 e. The van der Waals surface area contributed by atoms with Gasteiger partial charge in [0.05, 0.1) is 10.9 Å². The fraction of sp³-hybridized carbons (Fsp3) is 0.286. The molecule has 4 heterocycles. The second kappa shape index (κ2) is 7.26. The van der Waals surface area contributed by atoms with Crippen molar-refractivity contribution in [2.45, 2.75) is 31.0 Å². The van der Waals surface area contributed by atoms with E-state index in [4.69, 9.17) is 20.9 Å². The number of pyridine rings is 1. The Kier molecular flexibility index (Phi) is 4.62. The van der Waals surface area contributed by atoms with E-state index in [1.54, 1.807) is 35.0 Å². The molecule has 1 aromatic carbocycles. The first-order valence-corrected chi connectivity index (χ1v) is 9.87. The highest BCUT2D eigenvalue weighted by molar-refractivity contribution is 5.86. The Labute approximate surface area is 181 Å². The molecule has 0 bridgehead atoms. The van der Waals surface area contributed by atoms with Crippen LogP contribution in [0.5, 0.6) is 5.75 Å². The first kappa shape index (κ1) is 20.4. The van der Waals surface area contributed by atoms with Crippen molar-refractivity contribution in [3.8, 4) is 5.75 Å². The Morgan fingerprint density at radius 2 is 2.03 bits per heavy atom. The van der Waals surface area contributed by atoms with Crippen LogP contribution in [0.25, 0.3) is 21.9 Å². The normalized spacial score (nSPS) is 25.6. The minimum absolute atomic E-state index is 0.0565. The van der Waals surface area contributed by atoms with Crippen molar-refractivity contribution in [1.29, 1.82) is 0 Å². The van der Waals surface area contributed by atoms with Crippen molar-refractivity contribution in [3.05, 3.63) is 48.7 Å². The van der Waals surface area contributed by atoms with Crippen LogP contribution in [0.15, 0.2) is 42.9 Å². The molecule has 0 spiro atoms. The van der Waals surface area contributed by atoms with Gasteiger partial charge >= 0.3 is 0 Å². The molecule has 10 nitrogen and oxygen atoms in total. The Morgan fingerprint density at radius 3 is 2.84 bits per heavy atom. The Morgan fingerprint density at radius 1 is 1.22 bits per heavy atom. The highest BCUT2D eigenvalue weighted by Gasteiger charge is 2.53. The van der Waals surface area contributed by atoms with Gasteiger partial charge in [0.25, 0.3) is 0 Å². The smallest absolute Gasteiger partial charge is 0.165 e. The van der Waals surface area contributed by atoms with E-state index in [-0.39, 0.29) is 12.4 Å². The van der Waals surface area contributed by atoms with Crippen molar-refractivity contribution >= 4 is 33.6 Å². The Bertz CT molecular complexity index is 1330. The second-order valence-electron chi connectivity index (χ2n) is 7.93. The minimum Gasteiger partial charge on any atom is -0.491 e. The van der Waals surface area contributed by atoms with Gasteiger partial charge in [0, 0.05) is 17.6 Å². The minimum atomic E-state index is -1.61. The highest BCUT2D eigenvalue weighted by Crippen LogP contribution is 2.39. The van der Waals surface area contributed by atoms with E-state index in [1.807, 2.05) is 0 Å². The molecule has 1 saturated heterocycles. The molecule has 1 aliphatic rings. The number of nitrogen functional groups attached to an aromatic ring is 2. The molecule has 0 unspecified atom stereocenters. The number of aliphatic hydroxyl groups is 2. The predicted octanol–water partition coefficient (Wildman–Crippen LogP) is 1.37. The fourth-order valence-corrected chi connectivity index (χ4v) is 3.88. The number of benzene rings is 1. The van der Waals surface area contributed by atoms with Crippen LogP contribution in [0, 0.1) is 5.82 Å². The molecule has 6 N–H and O–H groups in total. The zero-order chi connectivity index (χ0) is 22.6. The van der Waals surface area contributed by atoms with E-state index < -0.39 is 29.9 Å². The van der Waals surface area contributed by atoms with Crippen LogP contribution >= 0.6 is 0 Å². The first-order valence-electron chi connectivity index (χ1n) is 9.87. The maximum absolute atomic E-state index is 13.6.